The lowest BCUT2D eigenvalue weighted by Crippen LogP contribution is -2.35. The molecule has 0 aromatic carbocycles. The van der Waals surface area contributed by atoms with Crippen molar-refractivity contribution < 1.29 is 20.1 Å². The lowest BCUT2D eigenvalue weighted by atomic mass is 10.1. The van der Waals surface area contributed by atoms with Crippen LogP contribution in [0.2, 0.25) is 0 Å². The number of aliphatic hydroxyl groups is 2. The van der Waals surface area contributed by atoms with Crippen LogP contribution in [0.1, 0.15) is 19.8 Å². The van der Waals surface area contributed by atoms with Gasteiger partial charge in [-0.25, -0.2) is 0 Å². The van der Waals surface area contributed by atoms with Crippen molar-refractivity contribution in [2.75, 3.05) is 19.6 Å². The van der Waals surface area contributed by atoms with E-state index in [1.54, 1.807) is 6.92 Å². The molecule has 1 heterocycles. The molecule has 0 saturated carbocycles. The summed E-state index contributed by atoms with van der Waals surface area (Å²) >= 11 is 0. The van der Waals surface area contributed by atoms with Crippen LogP contribution in [0.4, 0.5) is 0 Å². The maximum atomic E-state index is 10.3. The van der Waals surface area contributed by atoms with Crippen molar-refractivity contribution in [3.05, 3.63) is 0 Å². The predicted molar refractivity (Wildman–Crippen MR) is 49.9 cm³/mol. The Hall–Kier alpha value is -0.650. The molecule has 0 spiro atoms. The number of carbonyl (C=O) groups is 1. The highest BCUT2D eigenvalue weighted by molar-refractivity contribution is 5.67. The third kappa shape index (κ3) is 3.61. The maximum absolute atomic E-state index is 10.3. The lowest BCUT2D eigenvalue weighted by molar-refractivity contribution is -0.139. The number of carboxylic acid groups (broad SMARTS) is 1. The first-order valence-electron chi connectivity index (χ1n) is 4.74. The van der Waals surface area contributed by atoms with E-state index in [2.05, 4.69) is 0 Å². The van der Waals surface area contributed by atoms with Crippen molar-refractivity contribution in [3.8, 4) is 0 Å². The number of nitrogens with zero attached hydrogens (tertiary/aromatic N) is 1. The summed E-state index contributed by atoms with van der Waals surface area (Å²) in [5.41, 5.74) is -0.692. The first kappa shape index (κ1) is 11.4. The van der Waals surface area contributed by atoms with Gasteiger partial charge in [0, 0.05) is 19.6 Å². The summed E-state index contributed by atoms with van der Waals surface area (Å²) < 4.78 is 0. The van der Waals surface area contributed by atoms with Crippen molar-refractivity contribution >= 4 is 5.97 Å². The van der Waals surface area contributed by atoms with E-state index in [0.29, 0.717) is 26.1 Å². The molecule has 5 nitrogen and oxygen atoms in total. The van der Waals surface area contributed by atoms with Gasteiger partial charge in [-0.05, 0) is 13.3 Å². The maximum Gasteiger partial charge on any atom is 0.306 e. The van der Waals surface area contributed by atoms with Crippen molar-refractivity contribution in [2.24, 2.45) is 0 Å². The highest BCUT2D eigenvalue weighted by Gasteiger charge is 2.32. The molecule has 0 radical (unpaired) electrons. The molecule has 3 N–H and O–H groups in total. The molecular weight excluding hydrogens is 186 g/mol. The van der Waals surface area contributed by atoms with Crippen molar-refractivity contribution in [2.45, 2.75) is 31.5 Å². The van der Waals surface area contributed by atoms with Crippen LogP contribution in [0.5, 0.6) is 0 Å². The van der Waals surface area contributed by atoms with Crippen molar-refractivity contribution in [1.29, 1.82) is 0 Å². The number of hydrogen-bond donors (Lipinski definition) is 3. The Labute approximate surface area is 83.0 Å². The van der Waals surface area contributed by atoms with E-state index in [1.807, 2.05) is 4.90 Å². The Morgan fingerprint density at radius 2 is 2.29 bits per heavy atom. The topological polar surface area (TPSA) is 81.0 Å². The largest absolute Gasteiger partial charge is 0.481 e. The summed E-state index contributed by atoms with van der Waals surface area (Å²) in [6.45, 7) is 3.28. The Morgan fingerprint density at radius 3 is 2.71 bits per heavy atom. The fraction of sp³-hybridized carbons (Fsp3) is 0.889. The van der Waals surface area contributed by atoms with E-state index < -0.39 is 17.7 Å². The van der Waals surface area contributed by atoms with Crippen molar-refractivity contribution in [1.82, 2.24) is 4.90 Å². The summed E-state index contributed by atoms with van der Waals surface area (Å²) in [5.74, 6) is -0.997. The Kier molecular flexibility index (Phi) is 3.47. The zero-order valence-electron chi connectivity index (χ0n) is 8.31. The molecule has 14 heavy (non-hydrogen) atoms. The first-order chi connectivity index (χ1) is 6.39. The minimum absolute atomic E-state index is 0.237. The predicted octanol–water partition coefficient (Wildman–Crippen LogP) is -0.721. The molecule has 0 aliphatic carbocycles. The highest BCUT2D eigenvalue weighted by Crippen LogP contribution is 2.20. The molecule has 1 saturated heterocycles. The Morgan fingerprint density at radius 1 is 1.64 bits per heavy atom. The van der Waals surface area contributed by atoms with Crippen LogP contribution < -0.4 is 0 Å². The number of aliphatic carboxylic acids is 1. The van der Waals surface area contributed by atoms with Gasteiger partial charge in [-0.2, -0.15) is 0 Å². The summed E-state index contributed by atoms with van der Waals surface area (Å²) in [7, 11) is 0. The van der Waals surface area contributed by atoms with Gasteiger partial charge in [0.25, 0.3) is 0 Å². The van der Waals surface area contributed by atoms with Crippen molar-refractivity contribution in [3.63, 3.8) is 0 Å². The summed E-state index contributed by atoms with van der Waals surface area (Å²) in [6, 6.07) is 0. The Balaban J connectivity index is 2.29. The fourth-order valence-electron chi connectivity index (χ4n) is 1.76. The van der Waals surface area contributed by atoms with Crippen LogP contribution in [0.3, 0.4) is 0 Å². The molecule has 2 atom stereocenters. The van der Waals surface area contributed by atoms with E-state index in [9.17, 15) is 15.0 Å². The zero-order valence-corrected chi connectivity index (χ0v) is 8.31. The van der Waals surface area contributed by atoms with Crippen LogP contribution >= 0.6 is 0 Å². The number of β-amino-alcohol motifs (C(OH)–C–C–N with tert-alkyl or cyclic N) is 2. The SMILES string of the molecule is CC1(O)CCN(CC(O)CC(=O)O)C1. The molecule has 2 unspecified atom stereocenters. The summed E-state index contributed by atoms with van der Waals surface area (Å²) in [5, 5.41) is 27.4. The highest BCUT2D eigenvalue weighted by atomic mass is 16.4. The molecule has 5 heteroatoms. The third-order valence-electron chi connectivity index (χ3n) is 2.41. The van der Waals surface area contributed by atoms with Gasteiger partial charge in [0.15, 0.2) is 0 Å². The third-order valence-corrected chi connectivity index (χ3v) is 2.41. The van der Waals surface area contributed by atoms with E-state index in [1.165, 1.54) is 0 Å². The number of hydrogen-bond acceptors (Lipinski definition) is 4. The Bertz CT molecular complexity index is 217. The molecule has 0 bridgehead atoms. The fourth-order valence-corrected chi connectivity index (χ4v) is 1.76. The first-order valence-corrected chi connectivity index (χ1v) is 4.74. The van der Waals surface area contributed by atoms with E-state index in [-0.39, 0.29) is 6.42 Å². The minimum Gasteiger partial charge on any atom is -0.481 e. The molecule has 1 rings (SSSR count). The molecule has 1 fully saturated rings. The molecule has 0 aromatic rings. The molecule has 0 aromatic heterocycles. The number of rotatable bonds is 4. The van der Waals surface area contributed by atoms with Gasteiger partial charge in [0.05, 0.1) is 18.1 Å². The average molecular weight is 203 g/mol. The summed E-state index contributed by atoms with van der Waals surface area (Å²) in [4.78, 5) is 12.2. The van der Waals surface area contributed by atoms with E-state index in [0.717, 1.165) is 0 Å². The van der Waals surface area contributed by atoms with Crippen LogP contribution in [0.25, 0.3) is 0 Å². The second-order valence-corrected chi connectivity index (χ2v) is 4.23. The van der Waals surface area contributed by atoms with Crippen LogP contribution in [-0.2, 0) is 4.79 Å². The normalized spacial score (nSPS) is 30.5. The lowest BCUT2D eigenvalue weighted by Gasteiger charge is -2.20. The number of carboxylic acids is 1. The van der Waals surface area contributed by atoms with Crippen LogP contribution in [-0.4, -0.2) is 57.5 Å². The monoisotopic (exact) mass is 203 g/mol. The quantitative estimate of drug-likeness (QED) is 0.561. The van der Waals surface area contributed by atoms with Gasteiger partial charge >= 0.3 is 5.97 Å². The van der Waals surface area contributed by atoms with Gasteiger partial charge in [-0.3, -0.25) is 9.69 Å². The van der Waals surface area contributed by atoms with E-state index in [4.69, 9.17) is 5.11 Å². The van der Waals surface area contributed by atoms with Crippen LogP contribution in [0.15, 0.2) is 0 Å². The number of aliphatic hydroxyl groups excluding tert-OH is 1. The second kappa shape index (κ2) is 4.25. The minimum atomic E-state index is -0.997. The molecular formula is C9H17NO4. The molecule has 82 valence electrons. The smallest absolute Gasteiger partial charge is 0.306 e. The van der Waals surface area contributed by atoms with Gasteiger partial charge in [-0.1, -0.05) is 0 Å². The molecule has 1 aliphatic heterocycles. The van der Waals surface area contributed by atoms with Gasteiger partial charge in [0.2, 0.25) is 0 Å². The van der Waals surface area contributed by atoms with E-state index >= 15 is 0 Å². The van der Waals surface area contributed by atoms with Gasteiger partial charge in [-0.15, -0.1) is 0 Å². The number of likely N-dealkylation sites (tertiary alicyclic amines) is 1. The van der Waals surface area contributed by atoms with Gasteiger partial charge < -0.3 is 15.3 Å². The molecule has 1 aliphatic rings. The van der Waals surface area contributed by atoms with Gasteiger partial charge in [0.1, 0.15) is 0 Å². The summed E-state index contributed by atoms with van der Waals surface area (Å²) in [6.07, 6.45) is -0.410. The zero-order chi connectivity index (χ0) is 10.8. The molecule has 0 amide bonds. The second-order valence-electron chi connectivity index (χ2n) is 4.23. The standard InChI is InChI=1S/C9H17NO4/c1-9(14)2-3-10(6-9)5-7(11)4-8(12)13/h7,11,14H,2-6H2,1H3,(H,12,13). The average Bonchev–Trinajstić information content (AvgIpc) is 2.27. The van der Waals surface area contributed by atoms with Crippen LogP contribution in [0, 0.1) is 0 Å².